The van der Waals surface area contributed by atoms with Gasteiger partial charge in [0, 0.05) is 13.2 Å². The minimum Gasteiger partial charge on any atom is -0.380 e. The van der Waals surface area contributed by atoms with Crippen molar-refractivity contribution in [2.24, 2.45) is 0 Å². The maximum atomic E-state index is 5.62. The summed E-state index contributed by atoms with van der Waals surface area (Å²) in [6.45, 7) is 5.34. The van der Waals surface area contributed by atoms with E-state index in [-0.39, 0.29) is 0 Å². The molecule has 0 saturated carbocycles. The van der Waals surface area contributed by atoms with E-state index in [1.54, 1.807) is 0 Å². The molecule has 2 unspecified atom stereocenters. The smallest absolute Gasteiger partial charge is 0.0727 e. The molecule has 1 rings (SSSR count). The van der Waals surface area contributed by atoms with E-state index in [0.29, 0.717) is 12.1 Å². The fourth-order valence-electron chi connectivity index (χ4n) is 2.23. The van der Waals surface area contributed by atoms with Gasteiger partial charge < -0.3 is 10.1 Å². The van der Waals surface area contributed by atoms with E-state index >= 15 is 0 Å². The molecule has 1 N–H and O–H groups in total. The lowest BCUT2D eigenvalue weighted by atomic mass is 9.98. The van der Waals surface area contributed by atoms with Crippen LogP contribution in [0.15, 0.2) is 30.3 Å². The molecule has 1 aromatic rings. The zero-order valence-corrected chi connectivity index (χ0v) is 11.3. The van der Waals surface area contributed by atoms with Crippen molar-refractivity contribution >= 4 is 0 Å². The Morgan fingerprint density at radius 1 is 1.18 bits per heavy atom. The predicted octanol–water partition coefficient (Wildman–Crippen LogP) is 3.02. The molecule has 0 aliphatic rings. The van der Waals surface area contributed by atoms with Crippen molar-refractivity contribution in [1.29, 1.82) is 0 Å². The number of benzene rings is 1. The average Bonchev–Trinajstić information content (AvgIpc) is 2.37. The molecule has 0 aromatic heterocycles. The van der Waals surface area contributed by atoms with Gasteiger partial charge in [-0.1, -0.05) is 50.6 Å². The molecule has 0 amide bonds. The van der Waals surface area contributed by atoms with Crippen LogP contribution in [0.4, 0.5) is 0 Å². The molecule has 0 aliphatic heterocycles. The molecule has 2 heteroatoms. The number of rotatable bonds is 8. The molecule has 17 heavy (non-hydrogen) atoms. The first-order valence-electron chi connectivity index (χ1n) is 6.61. The Bertz CT molecular complexity index is 286. The van der Waals surface area contributed by atoms with Crippen molar-refractivity contribution in [3.63, 3.8) is 0 Å². The van der Waals surface area contributed by atoms with Gasteiger partial charge in [0.1, 0.15) is 0 Å². The van der Waals surface area contributed by atoms with Crippen molar-refractivity contribution in [2.45, 2.75) is 45.3 Å². The minimum atomic E-state index is 0.306. The zero-order valence-electron chi connectivity index (χ0n) is 11.3. The average molecular weight is 235 g/mol. The van der Waals surface area contributed by atoms with Crippen molar-refractivity contribution in [3.05, 3.63) is 35.9 Å². The molecule has 0 fully saturated rings. The molecular formula is C15H25NO. The molecule has 0 bridgehead atoms. The van der Waals surface area contributed by atoms with Gasteiger partial charge in [0.05, 0.1) is 6.10 Å². The van der Waals surface area contributed by atoms with Gasteiger partial charge in [-0.3, -0.25) is 0 Å². The van der Waals surface area contributed by atoms with E-state index in [2.05, 4.69) is 49.5 Å². The van der Waals surface area contributed by atoms with Crippen LogP contribution in [-0.2, 0) is 11.2 Å². The predicted molar refractivity (Wildman–Crippen MR) is 73.3 cm³/mol. The van der Waals surface area contributed by atoms with Gasteiger partial charge in [-0.15, -0.1) is 0 Å². The molecule has 2 nitrogen and oxygen atoms in total. The van der Waals surface area contributed by atoms with Crippen LogP contribution in [0.1, 0.15) is 32.3 Å². The first kappa shape index (κ1) is 14.2. The molecule has 0 heterocycles. The van der Waals surface area contributed by atoms with E-state index in [0.717, 1.165) is 25.8 Å². The Labute approximate surface area is 105 Å². The summed E-state index contributed by atoms with van der Waals surface area (Å²) >= 11 is 0. The van der Waals surface area contributed by atoms with E-state index in [1.165, 1.54) is 5.56 Å². The third-order valence-electron chi connectivity index (χ3n) is 3.09. The SMILES string of the molecule is CCCC(OC)C(Cc1ccccc1)NCC. The Morgan fingerprint density at radius 3 is 2.41 bits per heavy atom. The summed E-state index contributed by atoms with van der Waals surface area (Å²) in [5.41, 5.74) is 1.37. The van der Waals surface area contributed by atoms with Crippen molar-refractivity contribution < 1.29 is 4.74 Å². The number of hydrogen-bond acceptors (Lipinski definition) is 2. The first-order chi connectivity index (χ1) is 8.31. The van der Waals surface area contributed by atoms with Gasteiger partial charge in [0.25, 0.3) is 0 Å². The minimum absolute atomic E-state index is 0.306. The van der Waals surface area contributed by atoms with E-state index < -0.39 is 0 Å². The molecule has 2 atom stereocenters. The molecule has 0 radical (unpaired) electrons. The lowest BCUT2D eigenvalue weighted by Gasteiger charge is -2.26. The highest BCUT2D eigenvalue weighted by atomic mass is 16.5. The highest BCUT2D eigenvalue weighted by Crippen LogP contribution is 2.12. The van der Waals surface area contributed by atoms with Gasteiger partial charge in [-0.2, -0.15) is 0 Å². The number of likely N-dealkylation sites (N-methyl/N-ethyl adjacent to an activating group) is 1. The Balaban J connectivity index is 2.64. The van der Waals surface area contributed by atoms with Crippen LogP contribution in [0, 0.1) is 0 Å². The summed E-state index contributed by atoms with van der Waals surface area (Å²) in [4.78, 5) is 0. The highest BCUT2D eigenvalue weighted by molar-refractivity contribution is 5.16. The fourth-order valence-corrected chi connectivity index (χ4v) is 2.23. The topological polar surface area (TPSA) is 21.3 Å². The third kappa shape index (κ3) is 4.88. The lowest BCUT2D eigenvalue weighted by molar-refractivity contribution is 0.0614. The summed E-state index contributed by atoms with van der Waals surface area (Å²) in [6, 6.07) is 11.0. The lowest BCUT2D eigenvalue weighted by Crippen LogP contribution is -2.42. The Hall–Kier alpha value is -0.860. The van der Waals surface area contributed by atoms with Crippen molar-refractivity contribution in [2.75, 3.05) is 13.7 Å². The summed E-state index contributed by atoms with van der Waals surface area (Å²) < 4.78 is 5.62. The molecule has 0 spiro atoms. The Morgan fingerprint density at radius 2 is 1.88 bits per heavy atom. The van der Waals surface area contributed by atoms with Crippen LogP contribution in [0.25, 0.3) is 0 Å². The zero-order chi connectivity index (χ0) is 12.5. The summed E-state index contributed by atoms with van der Waals surface area (Å²) in [5, 5.41) is 3.54. The van der Waals surface area contributed by atoms with Crippen LogP contribution < -0.4 is 5.32 Å². The van der Waals surface area contributed by atoms with Gasteiger partial charge in [-0.25, -0.2) is 0 Å². The summed E-state index contributed by atoms with van der Waals surface area (Å²) in [7, 11) is 1.82. The van der Waals surface area contributed by atoms with Crippen molar-refractivity contribution in [1.82, 2.24) is 5.32 Å². The molecule has 96 valence electrons. The third-order valence-corrected chi connectivity index (χ3v) is 3.09. The largest absolute Gasteiger partial charge is 0.380 e. The van der Waals surface area contributed by atoms with Gasteiger partial charge in [0.2, 0.25) is 0 Å². The fraction of sp³-hybridized carbons (Fsp3) is 0.600. The van der Waals surface area contributed by atoms with E-state index in [4.69, 9.17) is 4.74 Å². The normalized spacial score (nSPS) is 14.5. The molecular weight excluding hydrogens is 210 g/mol. The quantitative estimate of drug-likeness (QED) is 0.748. The molecule has 0 aliphatic carbocycles. The van der Waals surface area contributed by atoms with Crippen LogP contribution in [0.3, 0.4) is 0 Å². The summed E-state index contributed by atoms with van der Waals surface area (Å²) in [5.74, 6) is 0. The maximum absolute atomic E-state index is 5.62. The number of ether oxygens (including phenoxy) is 1. The summed E-state index contributed by atoms with van der Waals surface area (Å²) in [6.07, 6.45) is 3.61. The van der Waals surface area contributed by atoms with Crippen LogP contribution in [0.2, 0.25) is 0 Å². The second-order valence-corrected chi connectivity index (χ2v) is 4.42. The van der Waals surface area contributed by atoms with Gasteiger partial charge in [-0.05, 0) is 24.9 Å². The Kier molecular flexibility index (Phi) is 6.90. The second-order valence-electron chi connectivity index (χ2n) is 4.42. The number of hydrogen-bond donors (Lipinski definition) is 1. The molecule has 1 aromatic carbocycles. The van der Waals surface area contributed by atoms with Crippen LogP contribution in [0.5, 0.6) is 0 Å². The van der Waals surface area contributed by atoms with E-state index in [9.17, 15) is 0 Å². The van der Waals surface area contributed by atoms with Gasteiger partial charge in [0.15, 0.2) is 0 Å². The van der Waals surface area contributed by atoms with Crippen LogP contribution in [-0.4, -0.2) is 25.8 Å². The maximum Gasteiger partial charge on any atom is 0.0727 e. The van der Waals surface area contributed by atoms with Crippen molar-refractivity contribution in [3.8, 4) is 0 Å². The second kappa shape index (κ2) is 8.26. The number of methoxy groups -OCH3 is 1. The van der Waals surface area contributed by atoms with Crippen LogP contribution >= 0.6 is 0 Å². The number of nitrogens with one attached hydrogen (secondary N) is 1. The standard InChI is InChI=1S/C15H25NO/c1-4-9-15(17-3)14(16-5-2)12-13-10-7-6-8-11-13/h6-8,10-11,14-16H,4-5,9,12H2,1-3H3. The molecule has 0 saturated heterocycles. The highest BCUT2D eigenvalue weighted by Gasteiger charge is 2.19. The van der Waals surface area contributed by atoms with Gasteiger partial charge >= 0.3 is 0 Å². The first-order valence-corrected chi connectivity index (χ1v) is 6.61. The monoisotopic (exact) mass is 235 g/mol. The van der Waals surface area contributed by atoms with E-state index in [1.807, 2.05) is 7.11 Å².